The molecule has 0 aliphatic rings. The van der Waals surface area contributed by atoms with Crippen molar-refractivity contribution in [3.63, 3.8) is 0 Å². The van der Waals surface area contributed by atoms with Crippen LogP contribution in [-0.4, -0.2) is 19.7 Å². The molecule has 0 spiro atoms. The van der Waals surface area contributed by atoms with E-state index in [9.17, 15) is 8.78 Å². The maximum Gasteiger partial charge on any atom is 0.387 e. The molecule has 1 rings (SSSR count). The average Bonchev–Trinajstić information content (AvgIpc) is 2.31. The van der Waals surface area contributed by atoms with Crippen LogP contribution in [0.5, 0.6) is 5.75 Å². The molecule has 3 nitrogen and oxygen atoms in total. The third-order valence-electron chi connectivity index (χ3n) is 2.89. The van der Waals surface area contributed by atoms with Crippen molar-refractivity contribution in [1.82, 2.24) is 0 Å². The summed E-state index contributed by atoms with van der Waals surface area (Å²) >= 11 is 0. The van der Waals surface area contributed by atoms with E-state index in [4.69, 9.17) is 5.73 Å². The molecule has 0 radical (unpaired) electrons. The zero-order chi connectivity index (χ0) is 13.5. The van der Waals surface area contributed by atoms with Crippen LogP contribution < -0.4 is 15.8 Å². The molecule has 18 heavy (non-hydrogen) atoms. The first-order valence-electron chi connectivity index (χ1n) is 6.01. The number of nitrogens with two attached hydrogens (primary N) is 1. The Hall–Kier alpha value is -1.36. The molecule has 0 aromatic heterocycles. The van der Waals surface area contributed by atoms with Gasteiger partial charge in [0.2, 0.25) is 0 Å². The average molecular weight is 258 g/mol. The summed E-state index contributed by atoms with van der Waals surface area (Å²) in [5.74, 6) is 1.06. The highest BCUT2D eigenvalue weighted by Crippen LogP contribution is 2.18. The molecule has 102 valence electrons. The second-order valence-electron chi connectivity index (χ2n) is 4.52. The summed E-state index contributed by atoms with van der Waals surface area (Å²) in [6.07, 6.45) is 0. The Morgan fingerprint density at radius 1 is 1.22 bits per heavy atom. The second kappa shape index (κ2) is 7.16. The van der Waals surface area contributed by atoms with Gasteiger partial charge in [-0.15, -0.1) is 0 Å². The van der Waals surface area contributed by atoms with E-state index >= 15 is 0 Å². The minimum Gasteiger partial charge on any atom is -0.435 e. The third kappa shape index (κ3) is 4.87. The predicted octanol–water partition coefficient (Wildman–Crippen LogP) is 2.93. The number of halogens is 2. The smallest absolute Gasteiger partial charge is 0.387 e. The van der Waals surface area contributed by atoms with Crippen molar-refractivity contribution in [2.75, 3.05) is 18.4 Å². The van der Waals surface area contributed by atoms with Gasteiger partial charge in [0, 0.05) is 12.2 Å². The maximum atomic E-state index is 12.0. The molecule has 5 heteroatoms. The van der Waals surface area contributed by atoms with Crippen LogP contribution >= 0.6 is 0 Å². The van der Waals surface area contributed by atoms with Gasteiger partial charge in [-0.05, 0) is 42.6 Å². The van der Waals surface area contributed by atoms with Gasteiger partial charge in [-0.25, -0.2) is 0 Å². The number of hydrogen-bond acceptors (Lipinski definition) is 3. The normalized spacial score (nSPS) is 12.8. The van der Waals surface area contributed by atoms with Gasteiger partial charge in [0.25, 0.3) is 0 Å². The van der Waals surface area contributed by atoms with Crippen LogP contribution in [0.3, 0.4) is 0 Å². The van der Waals surface area contributed by atoms with Crippen molar-refractivity contribution in [2.45, 2.75) is 20.5 Å². The first-order valence-corrected chi connectivity index (χ1v) is 6.01. The van der Waals surface area contributed by atoms with E-state index in [1.54, 1.807) is 12.1 Å². The summed E-state index contributed by atoms with van der Waals surface area (Å²) in [6, 6.07) is 6.46. The SMILES string of the molecule is CC(C)C(CN)CNc1ccc(OC(F)F)cc1. The molecule has 0 bridgehead atoms. The minimum atomic E-state index is -2.79. The summed E-state index contributed by atoms with van der Waals surface area (Å²) < 4.78 is 28.2. The lowest BCUT2D eigenvalue weighted by atomic mass is 9.96. The van der Waals surface area contributed by atoms with Gasteiger partial charge in [-0.3, -0.25) is 0 Å². The first kappa shape index (κ1) is 14.7. The van der Waals surface area contributed by atoms with Crippen molar-refractivity contribution in [2.24, 2.45) is 17.6 Å². The van der Waals surface area contributed by atoms with Crippen LogP contribution in [0.1, 0.15) is 13.8 Å². The van der Waals surface area contributed by atoms with Gasteiger partial charge in [-0.1, -0.05) is 13.8 Å². The largest absolute Gasteiger partial charge is 0.435 e. The molecular formula is C13H20F2N2O. The van der Waals surface area contributed by atoms with Crippen molar-refractivity contribution in [3.8, 4) is 5.75 Å². The number of rotatable bonds is 7. The van der Waals surface area contributed by atoms with Crippen molar-refractivity contribution in [3.05, 3.63) is 24.3 Å². The molecule has 0 amide bonds. The number of alkyl halides is 2. The number of hydrogen-bond donors (Lipinski definition) is 2. The standard InChI is InChI=1S/C13H20F2N2O/c1-9(2)10(7-16)8-17-11-3-5-12(6-4-11)18-13(14)15/h3-6,9-10,13,17H,7-8,16H2,1-2H3. The zero-order valence-corrected chi connectivity index (χ0v) is 10.7. The van der Waals surface area contributed by atoms with Crippen LogP contribution in [0.4, 0.5) is 14.5 Å². The molecule has 1 atom stereocenters. The van der Waals surface area contributed by atoms with Gasteiger partial charge >= 0.3 is 6.61 Å². The van der Waals surface area contributed by atoms with Crippen molar-refractivity contribution < 1.29 is 13.5 Å². The zero-order valence-electron chi connectivity index (χ0n) is 10.7. The quantitative estimate of drug-likeness (QED) is 0.790. The van der Waals surface area contributed by atoms with Gasteiger partial charge < -0.3 is 15.8 Å². The molecule has 1 aromatic rings. The van der Waals surface area contributed by atoms with E-state index < -0.39 is 6.61 Å². The Kier molecular flexibility index (Phi) is 5.85. The van der Waals surface area contributed by atoms with E-state index in [-0.39, 0.29) is 5.75 Å². The van der Waals surface area contributed by atoms with Gasteiger partial charge in [0.1, 0.15) is 5.75 Å². The van der Waals surface area contributed by atoms with E-state index in [0.29, 0.717) is 18.4 Å². The summed E-state index contributed by atoms with van der Waals surface area (Å²) in [4.78, 5) is 0. The highest BCUT2D eigenvalue weighted by atomic mass is 19.3. The molecule has 1 unspecified atom stereocenters. The molecule has 0 fully saturated rings. The Labute approximate surface area is 106 Å². The predicted molar refractivity (Wildman–Crippen MR) is 68.9 cm³/mol. The third-order valence-corrected chi connectivity index (χ3v) is 2.89. The molecule has 0 saturated heterocycles. The maximum absolute atomic E-state index is 12.0. The molecule has 0 heterocycles. The van der Waals surface area contributed by atoms with E-state index in [0.717, 1.165) is 12.2 Å². The fraction of sp³-hybridized carbons (Fsp3) is 0.538. The number of anilines is 1. The Balaban J connectivity index is 2.48. The van der Waals surface area contributed by atoms with E-state index in [1.807, 2.05) is 0 Å². The number of nitrogens with one attached hydrogen (secondary N) is 1. The highest BCUT2D eigenvalue weighted by molar-refractivity contribution is 5.46. The topological polar surface area (TPSA) is 47.3 Å². The fourth-order valence-corrected chi connectivity index (χ4v) is 1.59. The number of benzene rings is 1. The first-order chi connectivity index (χ1) is 8.52. The van der Waals surface area contributed by atoms with Crippen LogP contribution in [0.2, 0.25) is 0 Å². The number of ether oxygens (including phenoxy) is 1. The molecule has 0 aliphatic heterocycles. The van der Waals surface area contributed by atoms with Gasteiger partial charge in [-0.2, -0.15) is 8.78 Å². The Morgan fingerprint density at radius 2 is 1.83 bits per heavy atom. The summed E-state index contributed by atoms with van der Waals surface area (Å²) in [5, 5.41) is 3.23. The summed E-state index contributed by atoms with van der Waals surface area (Å²) in [6.45, 7) is 2.85. The molecule has 0 aliphatic carbocycles. The van der Waals surface area contributed by atoms with Gasteiger partial charge in [0.15, 0.2) is 0 Å². The monoisotopic (exact) mass is 258 g/mol. The van der Waals surface area contributed by atoms with Gasteiger partial charge in [0.05, 0.1) is 0 Å². The highest BCUT2D eigenvalue weighted by Gasteiger charge is 2.11. The minimum absolute atomic E-state index is 0.162. The van der Waals surface area contributed by atoms with E-state index in [2.05, 4.69) is 23.9 Å². The molecule has 3 N–H and O–H groups in total. The van der Waals surface area contributed by atoms with Crippen LogP contribution in [-0.2, 0) is 0 Å². The van der Waals surface area contributed by atoms with Crippen molar-refractivity contribution in [1.29, 1.82) is 0 Å². The van der Waals surface area contributed by atoms with Crippen molar-refractivity contribution >= 4 is 5.69 Å². The molecule has 0 saturated carbocycles. The lowest BCUT2D eigenvalue weighted by Crippen LogP contribution is -2.27. The summed E-state index contributed by atoms with van der Waals surface area (Å²) in [5.41, 5.74) is 6.54. The lowest BCUT2D eigenvalue weighted by molar-refractivity contribution is -0.0498. The Bertz CT molecular complexity index is 341. The Morgan fingerprint density at radius 3 is 2.28 bits per heavy atom. The van der Waals surface area contributed by atoms with Crippen LogP contribution in [0.25, 0.3) is 0 Å². The molecular weight excluding hydrogens is 238 g/mol. The van der Waals surface area contributed by atoms with E-state index in [1.165, 1.54) is 12.1 Å². The second-order valence-corrected chi connectivity index (χ2v) is 4.52. The van der Waals surface area contributed by atoms with Crippen LogP contribution in [0, 0.1) is 11.8 Å². The summed E-state index contributed by atoms with van der Waals surface area (Å²) in [7, 11) is 0. The molecule has 1 aromatic carbocycles. The lowest BCUT2D eigenvalue weighted by Gasteiger charge is -2.20. The fourth-order valence-electron chi connectivity index (χ4n) is 1.59. The van der Waals surface area contributed by atoms with Crippen LogP contribution in [0.15, 0.2) is 24.3 Å².